The first-order valence-corrected chi connectivity index (χ1v) is 8.20. The van der Waals surface area contributed by atoms with Crippen molar-refractivity contribution >= 4 is 26.0 Å². The lowest BCUT2D eigenvalue weighted by Crippen LogP contribution is -2.31. The van der Waals surface area contributed by atoms with Gasteiger partial charge in [0.25, 0.3) is 10.0 Å². The highest BCUT2D eigenvalue weighted by Crippen LogP contribution is 2.36. The Morgan fingerprint density at radius 1 is 1.37 bits per heavy atom. The first-order chi connectivity index (χ1) is 9.08. The van der Waals surface area contributed by atoms with E-state index in [2.05, 4.69) is 30.6 Å². The second-order valence-corrected chi connectivity index (χ2v) is 7.29. The highest BCUT2D eigenvalue weighted by atomic mass is 79.9. The number of rotatable bonds is 3. The smallest absolute Gasteiger partial charge is 0.258 e. The lowest BCUT2D eigenvalue weighted by molar-refractivity contribution is 0.556. The predicted octanol–water partition coefficient (Wildman–Crippen LogP) is 1.75. The minimum absolute atomic E-state index is 0.0580. The highest BCUT2D eigenvalue weighted by molar-refractivity contribution is 9.09. The molecule has 2 aromatic rings. The van der Waals surface area contributed by atoms with Crippen LogP contribution in [0.15, 0.2) is 41.8 Å². The summed E-state index contributed by atoms with van der Waals surface area (Å²) in [5, 5.41) is 0.0802. The third-order valence-corrected chi connectivity index (χ3v) is 5.43. The minimum atomic E-state index is -3.57. The molecule has 2 atom stereocenters. The first-order valence-electron chi connectivity index (χ1n) is 5.80. The van der Waals surface area contributed by atoms with Crippen LogP contribution in [0.2, 0.25) is 0 Å². The number of H-pyrrole nitrogens is 1. The van der Waals surface area contributed by atoms with Gasteiger partial charge in [0, 0.05) is 4.83 Å². The average Bonchev–Trinajstić information content (AvgIpc) is 2.99. The number of nitrogens with one attached hydrogen (secondary N) is 2. The maximum atomic E-state index is 12.2. The summed E-state index contributed by atoms with van der Waals surface area (Å²) in [5.74, 6) is 0. The van der Waals surface area contributed by atoms with Crippen molar-refractivity contribution < 1.29 is 8.42 Å². The van der Waals surface area contributed by atoms with Gasteiger partial charge in [-0.05, 0) is 17.5 Å². The fourth-order valence-corrected chi connectivity index (χ4v) is 4.40. The van der Waals surface area contributed by atoms with E-state index in [0.717, 1.165) is 12.0 Å². The molecular weight excluding hydrogens is 330 g/mol. The lowest BCUT2D eigenvalue weighted by atomic mass is 10.1. The number of fused-ring (bicyclic) bond motifs is 1. The van der Waals surface area contributed by atoms with E-state index in [1.165, 1.54) is 18.1 Å². The van der Waals surface area contributed by atoms with Gasteiger partial charge in [0.2, 0.25) is 0 Å². The Balaban J connectivity index is 1.92. The third kappa shape index (κ3) is 2.33. The number of aromatic nitrogens is 2. The van der Waals surface area contributed by atoms with Gasteiger partial charge in [0.05, 0.1) is 18.6 Å². The van der Waals surface area contributed by atoms with Gasteiger partial charge in [0.15, 0.2) is 5.03 Å². The lowest BCUT2D eigenvalue weighted by Gasteiger charge is -2.16. The Hall–Kier alpha value is -1.18. The van der Waals surface area contributed by atoms with Gasteiger partial charge < -0.3 is 4.98 Å². The maximum absolute atomic E-state index is 12.2. The highest BCUT2D eigenvalue weighted by Gasteiger charge is 2.34. The molecule has 1 aliphatic rings. The summed E-state index contributed by atoms with van der Waals surface area (Å²) in [6.45, 7) is 0. The second-order valence-electron chi connectivity index (χ2n) is 4.43. The summed E-state index contributed by atoms with van der Waals surface area (Å²) in [6.07, 6.45) is 3.46. The SMILES string of the molecule is O=S(=O)(NC1c2ccccc2CC1Br)c1cnc[nH]1. The summed E-state index contributed by atoms with van der Waals surface area (Å²) in [5.41, 5.74) is 2.19. The molecule has 2 unspecified atom stereocenters. The van der Waals surface area contributed by atoms with Crippen LogP contribution in [0.5, 0.6) is 0 Å². The van der Waals surface area contributed by atoms with Gasteiger partial charge in [-0.15, -0.1) is 0 Å². The van der Waals surface area contributed by atoms with Crippen molar-refractivity contribution in [2.45, 2.75) is 22.3 Å². The second kappa shape index (κ2) is 4.73. The molecule has 0 radical (unpaired) electrons. The zero-order valence-electron chi connectivity index (χ0n) is 9.88. The summed E-state index contributed by atoms with van der Waals surface area (Å²) in [4.78, 5) is 6.41. The van der Waals surface area contributed by atoms with Crippen molar-refractivity contribution in [1.82, 2.24) is 14.7 Å². The van der Waals surface area contributed by atoms with Crippen molar-refractivity contribution in [3.63, 3.8) is 0 Å². The molecule has 0 bridgehead atoms. The van der Waals surface area contributed by atoms with Crippen LogP contribution >= 0.6 is 15.9 Å². The largest absolute Gasteiger partial charge is 0.335 e. The Morgan fingerprint density at radius 2 is 2.16 bits per heavy atom. The molecule has 1 aromatic carbocycles. The fraction of sp³-hybridized carbons (Fsp3) is 0.250. The molecule has 2 N–H and O–H groups in total. The zero-order chi connectivity index (χ0) is 13.5. The topological polar surface area (TPSA) is 74.8 Å². The number of hydrogen-bond acceptors (Lipinski definition) is 3. The maximum Gasteiger partial charge on any atom is 0.258 e. The quantitative estimate of drug-likeness (QED) is 0.835. The number of aromatic amines is 1. The summed E-state index contributed by atoms with van der Waals surface area (Å²) in [7, 11) is -3.57. The Morgan fingerprint density at radius 3 is 2.89 bits per heavy atom. The third-order valence-electron chi connectivity index (χ3n) is 3.21. The number of benzene rings is 1. The van der Waals surface area contributed by atoms with Crippen molar-refractivity contribution in [3.05, 3.63) is 47.9 Å². The Labute approximate surface area is 119 Å². The van der Waals surface area contributed by atoms with E-state index in [1.807, 2.05) is 24.3 Å². The molecule has 7 heteroatoms. The molecule has 0 amide bonds. The number of hydrogen-bond donors (Lipinski definition) is 2. The van der Waals surface area contributed by atoms with Gasteiger partial charge in [0.1, 0.15) is 0 Å². The Kier molecular flexibility index (Phi) is 3.20. The molecule has 1 aliphatic carbocycles. The van der Waals surface area contributed by atoms with Gasteiger partial charge in [-0.1, -0.05) is 40.2 Å². The molecule has 0 saturated heterocycles. The van der Waals surface area contributed by atoms with Crippen molar-refractivity contribution in [2.24, 2.45) is 0 Å². The van der Waals surface area contributed by atoms with E-state index in [9.17, 15) is 8.42 Å². The van der Waals surface area contributed by atoms with E-state index < -0.39 is 10.0 Å². The number of halogens is 1. The molecule has 3 rings (SSSR count). The van der Waals surface area contributed by atoms with E-state index >= 15 is 0 Å². The molecule has 100 valence electrons. The minimum Gasteiger partial charge on any atom is -0.335 e. The molecule has 1 heterocycles. The van der Waals surface area contributed by atoms with Crippen LogP contribution in [0.25, 0.3) is 0 Å². The summed E-state index contributed by atoms with van der Waals surface area (Å²) >= 11 is 3.55. The van der Waals surface area contributed by atoms with Crippen LogP contribution in [-0.2, 0) is 16.4 Å². The number of alkyl halides is 1. The van der Waals surface area contributed by atoms with Crippen LogP contribution in [0.1, 0.15) is 17.2 Å². The van der Waals surface area contributed by atoms with E-state index in [0.29, 0.717) is 0 Å². The van der Waals surface area contributed by atoms with Gasteiger partial charge >= 0.3 is 0 Å². The molecule has 5 nitrogen and oxygen atoms in total. The van der Waals surface area contributed by atoms with Crippen LogP contribution in [0, 0.1) is 0 Å². The van der Waals surface area contributed by atoms with Crippen molar-refractivity contribution in [1.29, 1.82) is 0 Å². The molecule has 19 heavy (non-hydrogen) atoms. The molecule has 0 fully saturated rings. The molecule has 1 aromatic heterocycles. The van der Waals surface area contributed by atoms with Crippen molar-refractivity contribution in [2.75, 3.05) is 0 Å². The summed E-state index contributed by atoms with van der Waals surface area (Å²) in [6, 6.07) is 7.60. The van der Waals surface area contributed by atoms with Gasteiger partial charge in [-0.3, -0.25) is 0 Å². The molecule has 0 saturated carbocycles. The van der Waals surface area contributed by atoms with Crippen LogP contribution in [-0.4, -0.2) is 23.2 Å². The fourth-order valence-electron chi connectivity index (χ4n) is 2.30. The van der Waals surface area contributed by atoms with E-state index in [-0.39, 0.29) is 15.9 Å². The van der Waals surface area contributed by atoms with E-state index in [4.69, 9.17) is 0 Å². The standard InChI is InChI=1S/C12H12BrN3O2S/c13-10-5-8-3-1-2-4-9(8)12(10)16-19(17,18)11-6-14-7-15-11/h1-4,6-7,10,12,16H,5H2,(H,14,15). The van der Waals surface area contributed by atoms with Gasteiger partial charge in [-0.25, -0.2) is 18.1 Å². The zero-order valence-corrected chi connectivity index (χ0v) is 12.3. The summed E-state index contributed by atoms with van der Waals surface area (Å²) < 4.78 is 27.1. The number of imidazole rings is 1. The number of sulfonamides is 1. The van der Waals surface area contributed by atoms with E-state index in [1.54, 1.807) is 0 Å². The Bertz CT molecular complexity index is 685. The number of nitrogens with zero attached hydrogens (tertiary/aromatic N) is 1. The normalized spacial score (nSPS) is 22.4. The molecule has 0 aliphatic heterocycles. The van der Waals surface area contributed by atoms with Crippen LogP contribution in [0.4, 0.5) is 0 Å². The van der Waals surface area contributed by atoms with Gasteiger partial charge in [-0.2, -0.15) is 0 Å². The van der Waals surface area contributed by atoms with Crippen LogP contribution in [0.3, 0.4) is 0 Å². The molecule has 0 spiro atoms. The van der Waals surface area contributed by atoms with Crippen LogP contribution < -0.4 is 4.72 Å². The van der Waals surface area contributed by atoms with Crippen molar-refractivity contribution in [3.8, 4) is 0 Å². The first kappa shape index (κ1) is 12.8. The molecular formula is C12H12BrN3O2S. The predicted molar refractivity (Wildman–Crippen MR) is 74.5 cm³/mol. The average molecular weight is 342 g/mol. The monoisotopic (exact) mass is 341 g/mol.